The van der Waals surface area contributed by atoms with Crippen molar-refractivity contribution >= 4 is 9.39 Å². The van der Waals surface area contributed by atoms with Gasteiger partial charge < -0.3 is 0 Å². The van der Waals surface area contributed by atoms with Crippen LogP contribution in [0.25, 0.3) is 0 Å². The third kappa shape index (κ3) is 0.546. The van der Waals surface area contributed by atoms with E-state index in [0.717, 1.165) is 0 Å². The van der Waals surface area contributed by atoms with Crippen LogP contribution in [0, 0.1) is 0 Å². The van der Waals surface area contributed by atoms with Gasteiger partial charge in [0.2, 0.25) is 0 Å². The minimum absolute atomic E-state index is 1.56. The molecule has 1 rings (SSSR count). The van der Waals surface area contributed by atoms with Crippen LogP contribution in [0.3, 0.4) is 0 Å². The van der Waals surface area contributed by atoms with Crippen molar-refractivity contribution in [3.63, 3.8) is 0 Å². The van der Waals surface area contributed by atoms with Crippen LogP contribution in [0.4, 0.5) is 0 Å². The fourth-order valence-corrected chi connectivity index (χ4v) is 0.354. The normalized spacial score (nSPS) is 8.83. The SMILES string of the molecule is Pn1ccnn1. The molecule has 0 spiro atoms. The van der Waals surface area contributed by atoms with E-state index in [1.807, 2.05) is 0 Å². The predicted molar refractivity (Wildman–Crippen MR) is 25.1 cm³/mol. The van der Waals surface area contributed by atoms with Gasteiger partial charge in [0.1, 0.15) is 0 Å². The maximum absolute atomic E-state index is 3.55. The third-order valence-electron chi connectivity index (χ3n) is 0.441. The van der Waals surface area contributed by atoms with E-state index in [1.165, 1.54) is 0 Å². The molecule has 0 N–H and O–H groups in total. The molecule has 1 heterocycles. The molecule has 0 aromatic carbocycles. The van der Waals surface area contributed by atoms with Crippen LogP contribution in [0.1, 0.15) is 0 Å². The first kappa shape index (κ1) is 3.75. The summed E-state index contributed by atoms with van der Waals surface area (Å²) in [7, 11) is 2.36. The van der Waals surface area contributed by atoms with Gasteiger partial charge in [0.05, 0.1) is 6.20 Å². The van der Waals surface area contributed by atoms with Gasteiger partial charge in [0.25, 0.3) is 0 Å². The molecule has 3 nitrogen and oxygen atoms in total. The first-order valence-electron chi connectivity index (χ1n) is 1.51. The first-order valence-corrected chi connectivity index (χ1v) is 2.02. The van der Waals surface area contributed by atoms with Crippen molar-refractivity contribution in [1.29, 1.82) is 0 Å². The highest BCUT2D eigenvalue weighted by Gasteiger charge is 1.71. The molecule has 0 bridgehead atoms. The summed E-state index contributed by atoms with van der Waals surface area (Å²) in [5.41, 5.74) is 0. The molecule has 32 valence electrons. The molecular weight excluding hydrogens is 97.0 g/mol. The zero-order valence-electron chi connectivity index (χ0n) is 3.07. The lowest BCUT2D eigenvalue weighted by Crippen LogP contribution is -1.75. The molecule has 0 fully saturated rings. The molecular formula is C2H4N3P. The van der Waals surface area contributed by atoms with E-state index < -0.39 is 0 Å². The van der Waals surface area contributed by atoms with Crippen molar-refractivity contribution in [3.05, 3.63) is 12.4 Å². The lowest BCUT2D eigenvalue weighted by Gasteiger charge is -1.73. The number of nitrogens with zero attached hydrogens (tertiary/aromatic N) is 3. The molecule has 0 aliphatic rings. The smallest absolute Gasteiger partial charge is 0.0696 e. The molecule has 1 atom stereocenters. The van der Waals surface area contributed by atoms with E-state index in [9.17, 15) is 0 Å². The Hall–Kier alpha value is -0.430. The highest BCUT2D eigenvalue weighted by atomic mass is 31.0. The second kappa shape index (κ2) is 1.35. The van der Waals surface area contributed by atoms with Crippen LogP contribution < -0.4 is 0 Å². The van der Waals surface area contributed by atoms with E-state index in [0.29, 0.717) is 0 Å². The first-order chi connectivity index (χ1) is 2.89. The highest BCUT2D eigenvalue weighted by Crippen LogP contribution is 1.82. The Balaban J connectivity index is 3.05. The van der Waals surface area contributed by atoms with Crippen molar-refractivity contribution in [2.75, 3.05) is 0 Å². The standard InChI is InChI=1S/C2H4N3P/c6-5-2-1-3-4-5/h1-2H,6H2. The van der Waals surface area contributed by atoms with Gasteiger partial charge in [-0.2, -0.15) is 0 Å². The molecule has 1 unspecified atom stereocenters. The average molecular weight is 101 g/mol. The Kier molecular flexibility index (Phi) is 0.843. The van der Waals surface area contributed by atoms with Gasteiger partial charge in [-0.3, -0.25) is 0 Å². The second-order valence-electron chi connectivity index (χ2n) is 0.883. The molecule has 0 amide bonds. The monoisotopic (exact) mass is 101 g/mol. The molecule has 4 heteroatoms. The summed E-state index contributed by atoms with van der Waals surface area (Å²) in [6.07, 6.45) is 3.36. The zero-order valence-corrected chi connectivity index (χ0v) is 4.23. The number of rotatable bonds is 0. The Morgan fingerprint density at radius 1 is 1.67 bits per heavy atom. The van der Waals surface area contributed by atoms with Gasteiger partial charge in [0.15, 0.2) is 0 Å². The van der Waals surface area contributed by atoms with E-state index in [1.54, 1.807) is 16.8 Å². The van der Waals surface area contributed by atoms with Crippen LogP contribution in [0.15, 0.2) is 12.4 Å². The van der Waals surface area contributed by atoms with Gasteiger partial charge >= 0.3 is 0 Å². The van der Waals surface area contributed by atoms with Crippen molar-refractivity contribution < 1.29 is 0 Å². The summed E-state index contributed by atoms with van der Waals surface area (Å²) >= 11 is 0. The van der Waals surface area contributed by atoms with E-state index in [-0.39, 0.29) is 0 Å². The largest absolute Gasteiger partial charge is 0.238 e. The fourth-order valence-electron chi connectivity index (χ4n) is 0.217. The Morgan fingerprint density at radius 3 is 2.67 bits per heavy atom. The lowest BCUT2D eigenvalue weighted by atomic mass is 11.0. The quantitative estimate of drug-likeness (QED) is 0.428. The third-order valence-corrected chi connectivity index (χ3v) is 0.716. The number of hydrogen-bond acceptors (Lipinski definition) is 2. The Bertz CT molecular complexity index is 112. The van der Waals surface area contributed by atoms with Crippen molar-refractivity contribution in [1.82, 2.24) is 14.8 Å². The second-order valence-corrected chi connectivity index (χ2v) is 1.41. The van der Waals surface area contributed by atoms with Crippen molar-refractivity contribution in [3.8, 4) is 0 Å². The summed E-state index contributed by atoms with van der Waals surface area (Å²) in [5, 5.41) is 7.06. The van der Waals surface area contributed by atoms with Gasteiger partial charge in [0, 0.05) is 6.20 Å². The number of aromatic nitrogens is 3. The summed E-state index contributed by atoms with van der Waals surface area (Å²) < 4.78 is 1.56. The summed E-state index contributed by atoms with van der Waals surface area (Å²) in [5.74, 6) is 0. The van der Waals surface area contributed by atoms with Crippen LogP contribution in [-0.4, -0.2) is 14.8 Å². The van der Waals surface area contributed by atoms with Crippen molar-refractivity contribution in [2.45, 2.75) is 0 Å². The van der Waals surface area contributed by atoms with E-state index in [2.05, 4.69) is 19.7 Å². The average Bonchev–Trinajstić information content (AvgIpc) is 1.86. The summed E-state index contributed by atoms with van der Waals surface area (Å²) in [6, 6.07) is 0. The number of hydrogen-bond donors (Lipinski definition) is 0. The van der Waals surface area contributed by atoms with Gasteiger partial charge in [-0.25, -0.2) is 4.45 Å². The minimum atomic E-state index is 1.56. The van der Waals surface area contributed by atoms with E-state index >= 15 is 0 Å². The molecule has 0 radical (unpaired) electrons. The van der Waals surface area contributed by atoms with Crippen LogP contribution in [-0.2, 0) is 0 Å². The Labute approximate surface area is 37.6 Å². The van der Waals surface area contributed by atoms with Crippen LogP contribution in [0.5, 0.6) is 0 Å². The zero-order chi connectivity index (χ0) is 4.41. The molecule has 1 aromatic rings. The Morgan fingerprint density at radius 2 is 2.50 bits per heavy atom. The van der Waals surface area contributed by atoms with Gasteiger partial charge in [-0.1, -0.05) is 5.21 Å². The van der Waals surface area contributed by atoms with Gasteiger partial charge in [-0.15, -0.1) is 5.10 Å². The molecule has 0 aliphatic carbocycles. The fraction of sp³-hybridized carbons (Fsp3) is 0. The molecule has 6 heavy (non-hydrogen) atoms. The van der Waals surface area contributed by atoms with Gasteiger partial charge in [-0.05, 0) is 9.39 Å². The highest BCUT2D eigenvalue weighted by molar-refractivity contribution is 7.14. The van der Waals surface area contributed by atoms with Crippen LogP contribution in [0.2, 0.25) is 0 Å². The molecule has 0 saturated heterocycles. The maximum atomic E-state index is 3.55. The van der Waals surface area contributed by atoms with Crippen molar-refractivity contribution in [2.24, 2.45) is 0 Å². The molecule has 0 aliphatic heterocycles. The topological polar surface area (TPSA) is 30.7 Å². The lowest BCUT2D eigenvalue weighted by molar-refractivity contribution is 0.891. The van der Waals surface area contributed by atoms with Crippen LogP contribution >= 0.6 is 9.39 Å². The molecule has 0 saturated carbocycles. The summed E-state index contributed by atoms with van der Waals surface area (Å²) in [6.45, 7) is 0. The predicted octanol–water partition coefficient (Wildman–Crippen LogP) is -0.0837. The summed E-state index contributed by atoms with van der Waals surface area (Å²) in [4.78, 5) is 0. The minimum Gasteiger partial charge on any atom is -0.238 e. The molecule has 1 aromatic heterocycles. The maximum Gasteiger partial charge on any atom is 0.0696 e. The van der Waals surface area contributed by atoms with E-state index in [4.69, 9.17) is 0 Å².